The number of hydrogen-bond acceptors (Lipinski definition) is 4. The number of alkyl halides is 2. The summed E-state index contributed by atoms with van der Waals surface area (Å²) in [4.78, 5) is 23.9. The molecule has 1 unspecified atom stereocenters. The van der Waals surface area contributed by atoms with Crippen molar-refractivity contribution in [1.29, 1.82) is 0 Å². The monoisotopic (exact) mass is 321 g/mol. The molecule has 1 aromatic rings. The van der Waals surface area contributed by atoms with Gasteiger partial charge < -0.3 is 14.7 Å². The van der Waals surface area contributed by atoms with Crippen molar-refractivity contribution in [3.05, 3.63) is 11.8 Å². The number of hydrogen-bond donors (Lipinski definition) is 1. The van der Waals surface area contributed by atoms with Crippen LogP contribution in [-0.4, -0.2) is 39.3 Å². The molecule has 1 aromatic heterocycles. The maximum Gasteiger partial charge on any atom is 0.256 e. The van der Waals surface area contributed by atoms with Gasteiger partial charge in [-0.1, -0.05) is 35.3 Å². The lowest BCUT2D eigenvalue weighted by Gasteiger charge is -2.28. The minimum Gasteiger partial charge on any atom is -0.360 e. The highest BCUT2D eigenvalue weighted by molar-refractivity contribution is 6.53. The molecular formula is C12H17Cl2N3O3. The van der Waals surface area contributed by atoms with E-state index in [0.717, 1.165) is 0 Å². The summed E-state index contributed by atoms with van der Waals surface area (Å²) in [7, 11) is 0. The normalized spacial score (nSPS) is 12.3. The van der Waals surface area contributed by atoms with Gasteiger partial charge in [0.25, 0.3) is 5.91 Å². The highest BCUT2D eigenvalue weighted by Crippen LogP contribution is 2.13. The van der Waals surface area contributed by atoms with Crippen LogP contribution in [0.25, 0.3) is 0 Å². The molecule has 0 aliphatic heterocycles. The molecule has 2 amide bonds. The Bertz CT molecular complexity index is 476. The van der Waals surface area contributed by atoms with Gasteiger partial charge in [-0.25, -0.2) is 0 Å². The van der Waals surface area contributed by atoms with E-state index in [1.54, 1.807) is 13.0 Å². The first-order valence-corrected chi connectivity index (χ1v) is 7.04. The van der Waals surface area contributed by atoms with Gasteiger partial charge in [-0.3, -0.25) is 9.59 Å². The van der Waals surface area contributed by atoms with Crippen molar-refractivity contribution < 1.29 is 14.1 Å². The summed E-state index contributed by atoms with van der Waals surface area (Å²) in [6.07, 6.45) is 0.683. The molecule has 20 heavy (non-hydrogen) atoms. The largest absolute Gasteiger partial charge is 0.360 e. The molecule has 0 spiro atoms. The van der Waals surface area contributed by atoms with Gasteiger partial charge in [-0.05, 0) is 20.3 Å². The van der Waals surface area contributed by atoms with E-state index < -0.39 is 10.7 Å². The minimum atomic E-state index is -1.19. The van der Waals surface area contributed by atoms with Gasteiger partial charge >= 0.3 is 0 Å². The zero-order chi connectivity index (χ0) is 15.3. The molecule has 8 heteroatoms. The van der Waals surface area contributed by atoms with E-state index in [2.05, 4.69) is 10.5 Å². The fourth-order valence-corrected chi connectivity index (χ4v) is 1.81. The molecule has 1 heterocycles. The van der Waals surface area contributed by atoms with Crippen molar-refractivity contribution in [2.75, 3.05) is 11.9 Å². The molecular weight excluding hydrogens is 305 g/mol. The molecule has 0 radical (unpaired) electrons. The Kier molecular flexibility index (Phi) is 6.29. The van der Waals surface area contributed by atoms with Gasteiger partial charge in [0, 0.05) is 12.1 Å². The van der Waals surface area contributed by atoms with Crippen molar-refractivity contribution in [3.63, 3.8) is 0 Å². The van der Waals surface area contributed by atoms with E-state index in [-0.39, 0.29) is 18.5 Å². The number of amides is 2. The summed E-state index contributed by atoms with van der Waals surface area (Å²) >= 11 is 11.2. The number of anilines is 1. The Balaban J connectivity index is 2.69. The summed E-state index contributed by atoms with van der Waals surface area (Å²) in [5, 5.41) is 6.19. The topological polar surface area (TPSA) is 75.4 Å². The lowest BCUT2D eigenvalue weighted by molar-refractivity contribution is -0.135. The Labute approximate surface area is 127 Å². The number of carbonyl (C=O) groups is 2. The summed E-state index contributed by atoms with van der Waals surface area (Å²) in [6, 6.07) is 1.44. The number of nitrogens with zero attached hydrogens (tertiary/aromatic N) is 2. The molecule has 0 saturated carbocycles. The van der Waals surface area contributed by atoms with Gasteiger partial charge in [0.15, 0.2) is 10.7 Å². The third-order valence-electron chi connectivity index (χ3n) is 2.80. The van der Waals surface area contributed by atoms with Crippen LogP contribution in [0, 0.1) is 6.92 Å². The third kappa shape index (κ3) is 4.68. The van der Waals surface area contributed by atoms with Crippen LogP contribution in [0.5, 0.6) is 0 Å². The molecule has 0 fully saturated rings. The van der Waals surface area contributed by atoms with Crippen LogP contribution in [-0.2, 0) is 9.59 Å². The summed E-state index contributed by atoms with van der Waals surface area (Å²) in [5.74, 6) is 0.00388. The summed E-state index contributed by atoms with van der Waals surface area (Å²) < 4.78 is 4.84. The van der Waals surface area contributed by atoms with Crippen LogP contribution < -0.4 is 5.32 Å². The van der Waals surface area contributed by atoms with Crippen molar-refractivity contribution in [1.82, 2.24) is 10.1 Å². The quantitative estimate of drug-likeness (QED) is 0.816. The van der Waals surface area contributed by atoms with Crippen LogP contribution in [0.4, 0.5) is 5.82 Å². The van der Waals surface area contributed by atoms with E-state index in [9.17, 15) is 9.59 Å². The van der Waals surface area contributed by atoms with Crippen LogP contribution in [0.3, 0.4) is 0 Å². The number of rotatable bonds is 6. The van der Waals surface area contributed by atoms with Crippen molar-refractivity contribution in [3.8, 4) is 0 Å². The SMILES string of the molecule is CCC(C)N(CC(=O)Nc1cc(C)on1)C(=O)C(Cl)Cl. The minimum absolute atomic E-state index is 0.143. The molecule has 0 saturated heterocycles. The van der Waals surface area contributed by atoms with Gasteiger partial charge in [0.2, 0.25) is 5.91 Å². The number of aryl methyl sites for hydroxylation is 1. The first-order valence-electron chi connectivity index (χ1n) is 6.17. The molecule has 0 aliphatic carbocycles. The predicted molar refractivity (Wildman–Crippen MR) is 76.8 cm³/mol. The zero-order valence-electron chi connectivity index (χ0n) is 11.5. The van der Waals surface area contributed by atoms with E-state index in [1.807, 2.05) is 13.8 Å². The molecule has 1 atom stereocenters. The Morgan fingerprint density at radius 2 is 2.15 bits per heavy atom. The van der Waals surface area contributed by atoms with E-state index >= 15 is 0 Å². The van der Waals surface area contributed by atoms with E-state index in [4.69, 9.17) is 27.7 Å². The zero-order valence-corrected chi connectivity index (χ0v) is 13.0. The average molecular weight is 322 g/mol. The highest BCUT2D eigenvalue weighted by atomic mass is 35.5. The number of aromatic nitrogens is 1. The molecule has 1 N–H and O–H groups in total. The fourth-order valence-electron chi connectivity index (χ4n) is 1.56. The van der Waals surface area contributed by atoms with Crippen molar-refractivity contribution in [2.24, 2.45) is 0 Å². The molecule has 0 bridgehead atoms. The standard InChI is InChI=1S/C12H17Cl2N3O3/c1-4-7(2)17(12(19)11(13)14)6-10(18)15-9-5-8(3)20-16-9/h5,7,11H,4,6H2,1-3H3,(H,15,16,18). The first kappa shape index (κ1) is 16.8. The molecule has 6 nitrogen and oxygen atoms in total. The highest BCUT2D eigenvalue weighted by Gasteiger charge is 2.26. The Morgan fingerprint density at radius 3 is 2.60 bits per heavy atom. The van der Waals surface area contributed by atoms with Gasteiger partial charge in [-0.2, -0.15) is 0 Å². The van der Waals surface area contributed by atoms with E-state index in [0.29, 0.717) is 18.0 Å². The Morgan fingerprint density at radius 1 is 1.50 bits per heavy atom. The maximum atomic E-state index is 11.9. The second-order valence-electron chi connectivity index (χ2n) is 4.40. The van der Waals surface area contributed by atoms with Crippen LogP contribution >= 0.6 is 23.2 Å². The first-order chi connectivity index (χ1) is 9.35. The van der Waals surface area contributed by atoms with E-state index in [1.165, 1.54) is 4.90 Å². The number of nitrogens with one attached hydrogen (secondary N) is 1. The second-order valence-corrected chi connectivity index (χ2v) is 5.49. The fraction of sp³-hybridized carbons (Fsp3) is 0.583. The lowest BCUT2D eigenvalue weighted by Crippen LogP contribution is -2.45. The molecule has 0 aliphatic rings. The predicted octanol–water partition coefficient (Wildman–Crippen LogP) is 2.35. The molecule has 0 aromatic carbocycles. The van der Waals surface area contributed by atoms with Gasteiger partial charge in [-0.15, -0.1) is 0 Å². The van der Waals surface area contributed by atoms with Gasteiger partial charge in [0.05, 0.1) is 0 Å². The van der Waals surface area contributed by atoms with Crippen LogP contribution in [0.15, 0.2) is 10.6 Å². The van der Waals surface area contributed by atoms with Crippen molar-refractivity contribution in [2.45, 2.75) is 38.1 Å². The smallest absolute Gasteiger partial charge is 0.256 e. The average Bonchev–Trinajstić information content (AvgIpc) is 2.79. The molecule has 112 valence electrons. The van der Waals surface area contributed by atoms with Crippen LogP contribution in [0.2, 0.25) is 0 Å². The Hall–Kier alpha value is -1.27. The van der Waals surface area contributed by atoms with Crippen molar-refractivity contribution >= 4 is 40.8 Å². The maximum absolute atomic E-state index is 11.9. The van der Waals surface area contributed by atoms with Gasteiger partial charge in [0.1, 0.15) is 12.3 Å². The third-order valence-corrected chi connectivity index (χ3v) is 3.18. The lowest BCUT2D eigenvalue weighted by atomic mass is 10.2. The summed E-state index contributed by atoms with van der Waals surface area (Å²) in [6.45, 7) is 5.29. The number of halogens is 2. The van der Waals surface area contributed by atoms with Crippen LogP contribution in [0.1, 0.15) is 26.0 Å². The second kappa shape index (κ2) is 7.50. The summed E-state index contributed by atoms with van der Waals surface area (Å²) in [5.41, 5.74) is 0. The number of carbonyl (C=O) groups excluding carboxylic acids is 2. The molecule has 1 rings (SSSR count).